The van der Waals surface area contributed by atoms with Crippen LogP contribution in [0, 0.1) is 5.92 Å². The molecule has 0 saturated heterocycles. The maximum absolute atomic E-state index is 13.5. The Hall–Kier alpha value is -2.93. The predicted molar refractivity (Wildman–Crippen MR) is 103 cm³/mol. The van der Waals surface area contributed by atoms with Crippen molar-refractivity contribution in [1.82, 2.24) is 0 Å². The number of carbonyl (C=O) groups excluding carboxylic acids is 2. The van der Waals surface area contributed by atoms with Crippen molar-refractivity contribution in [2.75, 3.05) is 5.01 Å². The van der Waals surface area contributed by atoms with Crippen molar-refractivity contribution in [3.05, 3.63) is 65.2 Å². The highest BCUT2D eigenvalue weighted by Gasteiger charge is 2.39. The molecule has 1 heterocycles. The number of nitrogens with zero attached hydrogens (tertiary/aromatic N) is 2. The molecule has 0 saturated carbocycles. The van der Waals surface area contributed by atoms with Crippen LogP contribution in [-0.2, 0) is 28.5 Å². The first kappa shape index (κ1) is 19.8. The Labute approximate surface area is 161 Å². The van der Waals surface area contributed by atoms with Crippen LogP contribution in [0.25, 0.3) is 0 Å². The standard InChI is InChI=1S/C21H21F2N3O2/c1-13-19(18(27)11-14-5-3-7-16(9-14)21(2,22)23)20(28)26(25-13)17-8-4-6-15(10-17)12-24/h3-10,19H,11-12,24H2,1-2H3. The van der Waals surface area contributed by atoms with Gasteiger partial charge in [0.1, 0.15) is 5.92 Å². The number of halogens is 2. The van der Waals surface area contributed by atoms with Gasteiger partial charge in [0, 0.05) is 25.5 Å². The minimum atomic E-state index is -3.00. The number of carbonyl (C=O) groups is 2. The number of Topliss-reactive ketones (excluding diaryl/α,β-unsaturated/α-hetero) is 1. The zero-order valence-electron chi connectivity index (χ0n) is 15.7. The van der Waals surface area contributed by atoms with Gasteiger partial charge in [-0.2, -0.15) is 10.1 Å². The smallest absolute Gasteiger partial charge is 0.270 e. The Bertz CT molecular complexity index is 951. The number of hydrogen-bond acceptors (Lipinski definition) is 4. The third-order valence-electron chi connectivity index (χ3n) is 4.66. The predicted octanol–water partition coefficient (Wildman–Crippen LogP) is 3.41. The van der Waals surface area contributed by atoms with Crippen molar-refractivity contribution < 1.29 is 18.4 Å². The second kappa shape index (κ2) is 7.59. The number of ketones is 1. The number of nitrogens with two attached hydrogens (primary N) is 1. The average molecular weight is 385 g/mol. The van der Waals surface area contributed by atoms with E-state index in [1.165, 1.54) is 23.2 Å². The fraction of sp³-hybridized carbons (Fsp3) is 0.286. The third kappa shape index (κ3) is 3.99. The van der Waals surface area contributed by atoms with Gasteiger partial charge in [0.15, 0.2) is 5.78 Å². The lowest BCUT2D eigenvalue weighted by atomic mass is 9.93. The fourth-order valence-electron chi connectivity index (χ4n) is 3.19. The van der Waals surface area contributed by atoms with Gasteiger partial charge < -0.3 is 5.73 Å². The second-order valence-electron chi connectivity index (χ2n) is 6.93. The normalized spacial score (nSPS) is 17.0. The topological polar surface area (TPSA) is 75.8 Å². The Morgan fingerprint density at radius 1 is 1.18 bits per heavy atom. The highest BCUT2D eigenvalue weighted by Crippen LogP contribution is 2.29. The lowest BCUT2D eigenvalue weighted by Crippen LogP contribution is -2.33. The van der Waals surface area contributed by atoms with E-state index in [0.29, 0.717) is 23.5 Å². The SMILES string of the molecule is CC1=NN(c2cccc(CN)c2)C(=O)C1C(=O)Cc1cccc(C(C)(F)F)c1. The van der Waals surface area contributed by atoms with Crippen molar-refractivity contribution in [3.63, 3.8) is 0 Å². The summed E-state index contributed by atoms with van der Waals surface area (Å²) in [5.74, 6) is -4.84. The van der Waals surface area contributed by atoms with Gasteiger partial charge in [-0.15, -0.1) is 0 Å². The van der Waals surface area contributed by atoms with Crippen LogP contribution in [0.3, 0.4) is 0 Å². The van der Waals surface area contributed by atoms with Gasteiger partial charge in [0.25, 0.3) is 11.8 Å². The molecule has 0 bridgehead atoms. The van der Waals surface area contributed by atoms with Gasteiger partial charge in [-0.1, -0.05) is 30.3 Å². The monoisotopic (exact) mass is 385 g/mol. The molecule has 0 radical (unpaired) electrons. The average Bonchev–Trinajstić information content (AvgIpc) is 2.95. The van der Waals surface area contributed by atoms with Crippen LogP contribution >= 0.6 is 0 Å². The molecule has 1 unspecified atom stereocenters. The molecule has 1 amide bonds. The minimum absolute atomic E-state index is 0.121. The molecule has 0 aliphatic carbocycles. The van der Waals surface area contributed by atoms with Crippen LogP contribution in [0.5, 0.6) is 0 Å². The molecular weight excluding hydrogens is 364 g/mol. The zero-order valence-corrected chi connectivity index (χ0v) is 15.7. The molecule has 3 rings (SSSR count). The molecule has 5 nitrogen and oxygen atoms in total. The molecular formula is C21H21F2N3O2. The summed E-state index contributed by atoms with van der Waals surface area (Å²) in [6.45, 7) is 2.74. The zero-order chi connectivity index (χ0) is 20.5. The summed E-state index contributed by atoms with van der Waals surface area (Å²) in [5, 5.41) is 5.44. The van der Waals surface area contributed by atoms with Gasteiger partial charge in [-0.05, 0) is 36.2 Å². The first-order valence-electron chi connectivity index (χ1n) is 8.88. The number of rotatable bonds is 6. The quantitative estimate of drug-likeness (QED) is 0.775. The van der Waals surface area contributed by atoms with Crippen LogP contribution in [0.2, 0.25) is 0 Å². The Morgan fingerprint density at radius 2 is 1.86 bits per heavy atom. The Kier molecular flexibility index (Phi) is 5.38. The van der Waals surface area contributed by atoms with E-state index in [9.17, 15) is 18.4 Å². The number of hydrogen-bond donors (Lipinski definition) is 1. The maximum atomic E-state index is 13.5. The molecule has 7 heteroatoms. The van der Waals surface area contributed by atoms with Gasteiger partial charge >= 0.3 is 0 Å². The first-order valence-corrected chi connectivity index (χ1v) is 8.88. The van der Waals surface area contributed by atoms with Crippen molar-refractivity contribution in [1.29, 1.82) is 0 Å². The van der Waals surface area contributed by atoms with Crippen LogP contribution in [0.15, 0.2) is 53.6 Å². The highest BCUT2D eigenvalue weighted by molar-refractivity contribution is 6.27. The van der Waals surface area contributed by atoms with E-state index in [-0.39, 0.29) is 17.8 Å². The van der Waals surface area contributed by atoms with E-state index >= 15 is 0 Å². The van der Waals surface area contributed by atoms with Crippen LogP contribution in [0.1, 0.15) is 30.5 Å². The number of benzene rings is 2. The van der Waals surface area contributed by atoms with Crippen molar-refractivity contribution >= 4 is 23.1 Å². The maximum Gasteiger partial charge on any atom is 0.270 e. The molecule has 0 aromatic heterocycles. The Morgan fingerprint density at radius 3 is 2.54 bits per heavy atom. The summed E-state index contributed by atoms with van der Waals surface area (Å²) in [4.78, 5) is 25.6. The highest BCUT2D eigenvalue weighted by atomic mass is 19.3. The summed E-state index contributed by atoms with van der Waals surface area (Å²) in [6.07, 6.45) is -0.121. The van der Waals surface area contributed by atoms with Crippen LogP contribution in [0.4, 0.5) is 14.5 Å². The third-order valence-corrected chi connectivity index (χ3v) is 4.66. The summed E-state index contributed by atoms with van der Waals surface area (Å²) in [6, 6.07) is 12.8. The van der Waals surface area contributed by atoms with Crippen molar-refractivity contribution in [2.45, 2.75) is 32.7 Å². The largest absolute Gasteiger partial charge is 0.326 e. The molecule has 2 aromatic carbocycles. The number of alkyl halides is 2. The van der Waals surface area contributed by atoms with E-state index in [4.69, 9.17) is 5.73 Å². The van der Waals surface area contributed by atoms with Gasteiger partial charge in [0.2, 0.25) is 0 Å². The molecule has 1 aliphatic rings. The van der Waals surface area contributed by atoms with E-state index in [2.05, 4.69) is 5.10 Å². The summed E-state index contributed by atoms with van der Waals surface area (Å²) in [7, 11) is 0. The summed E-state index contributed by atoms with van der Waals surface area (Å²) < 4.78 is 27.0. The van der Waals surface area contributed by atoms with Gasteiger partial charge in [-0.25, -0.2) is 8.78 Å². The van der Waals surface area contributed by atoms with Crippen LogP contribution in [-0.4, -0.2) is 17.4 Å². The van der Waals surface area contributed by atoms with Crippen LogP contribution < -0.4 is 10.7 Å². The van der Waals surface area contributed by atoms with Gasteiger partial charge in [0.05, 0.1) is 11.4 Å². The molecule has 0 spiro atoms. The molecule has 1 atom stereocenters. The summed E-state index contributed by atoms with van der Waals surface area (Å²) in [5.41, 5.74) is 7.66. The van der Waals surface area contributed by atoms with Crippen molar-refractivity contribution in [2.24, 2.45) is 16.8 Å². The molecule has 1 aliphatic heterocycles. The lowest BCUT2D eigenvalue weighted by molar-refractivity contribution is -0.128. The molecule has 28 heavy (non-hydrogen) atoms. The fourth-order valence-corrected chi connectivity index (χ4v) is 3.19. The number of anilines is 1. The Balaban J connectivity index is 1.80. The second-order valence-corrected chi connectivity index (χ2v) is 6.93. The summed E-state index contributed by atoms with van der Waals surface area (Å²) >= 11 is 0. The van der Waals surface area contributed by atoms with E-state index in [1.807, 2.05) is 6.07 Å². The van der Waals surface area contributed by atoms with Crippen molar-refractivity contribution in [3.8, 4) is 0 Å². The minimum Gasteiger partial charge on any atom is -0.326 e. The molecule has 2 N–H and O–H groups in total. The number of hydrazone groups is 1. The first-order chi connectivity index (χ1) is 13.2. The molecule has 146 valence electrons. The van der Waals surface area contributed by atoms with E-state index in [0.717, 1.165) is 12.5 Å². The molecule has 0 fully saturated rings. The molecule has 2 aromatic rings. The number of amides is 1. The van der Waals surface area contributed by atoms with E-state index < -0.39 is 17.7 Å². The van der Waals surface area contributed by atoms with E-state index in [1.54, 1.807) is 31.2 Å². The lowest BCUT2D eigenvalue weighted by Gasteiger charge is -2.15. The van der Waals surface area contributed by atoms with Gasteiger partial charge in [-0.3, -0.25) is 9.59 Å².